The highest BCUT2D eigenvalue weighted by molar-refractivity contribution is 7.07. The van der Waals surface area contributed by atoms with Crippen molar-refractivity contribution in [1.29, 1.82) is 0 Å². The lowest BCUT2D eigenvalue weighted by Crippen LogP contribution is -2.53. The fraction of sp³-hybridized carbons (Fsp3) is 0.722. The van der Waals surface area contributed by atoms with Crippen molar-refractivity contribution in [2.24, 2.45) is 0 Å². The highest BCUT2D eigenvalue weighted by Gasteiger charge is 2.43. The second-order valence-electron chi connectivity index (χ2n) is 6.85. The zero-order chi connectivity index (χ0) is 16.1. The van der Waals surface area contributed by atoms with Crippen LogP contribution >= 0.6 is 11.3 Å². The van der Waals surface area contributed by atoms with Crippen LogP contribution in [0.25, 0.3) is 0 Å². The first kappa shape index (κ1) is 16.9. The Kier molecular flexibility index (Phi) is 5.72. The zero-order valence-electron chi connectivity index (χ0n) is 14.1. The van der Waals surface area contributed by atoms with Gasteiger partial charge < -0.3 is 9.64 Å². The van der Waals surface area contributed by atoms with Gasteiger partial charge in [0.1, 0.15) is 0 Å². The number of piperidine rings is 1. The molecule has 2 aliphatic rings. The molecule has 0 atom stereocenters. The molecule has 2 saturated heterocycles. The smallest absolute Gasteiger partial charge is 0.227 e. The van der Waals surface area contributed by atoms with Gasteiger partial charge in [0.05, 0.1) is 6.42 Å². The summed E-state index contributed by atoms with van der Waals surface area (Å²) in [6, 6.07) is 2.06. The van der Waals surface area contributed by atoms with Gasteiger partial charge in [-0.1, -0.05) is 0 Å². The SMILES string of the molecule is COCCCN1CCCC12CCN(C(=O)Cc1ccsc1)CC2. The van der Waals surface area contributed by atoms with Crippen molar-refractivity contribution in [2.75, 3.05) is 39.9 Å². The average Bonchev–Trinajstić information content (AvgIpc) is 3.19. The van der Waals surface area contributed by atoms with Crippen molar-refractivity contribution in [3.63, 3.8) is 0 Å². The van der Waals surface area contributed by atoms with Crippen molar-refractivity contribution < 1.29 is 9.53 Å². The predicted molar refractivity (Wildman–Crippen MR) is 93.9 cm³/mol. The van der Waals surface area contributed by atoms with Gasteiger partial charge in [0, 0.05) is 38.9 Å². The Morgan fingerprint density at radius 2 is 2.13 bits per heavy atom. The molecule has 0 saturated carbocycles. The van der Waals surface area contributed by atoms with Crippen molar-refractivity contribution in [1.82, 2.24) is 9.80 Å². The summed E-state index contributed by atoms with van der Waals surface area (Å²) in [6.07, 6.45) is 6.54. The van der Waals surface area contributed by atoms with Crippen LogP contribution in [0.5, 0.6) is 0 Å². The van der Waals surface area contributed by atoms with E-state index in [0.717, 1.165) is 51.1 Å². The van der Waals surface area contributed by atoms with Gasteiger partial charge >= 0.3 is 0 Å². The zero-order valence-corrected chi connectivity index (χ0v) is 14.9. The van der Waals surface area contributed by atoms with Crippen molar-refractivity contribution in [3.8, 4) is 0 Å². The quantitative estimate of drug-likeness (QED) is 0.749. The number of carbonyl (C=O) groups is 1. The monoisotopic (exact) mass is 336 g/mol. The Hall–Kier alpha value is -0.910. The molecule has 3 rings (SSSR count). The van der Waals surface area contributed by atoms with Gasteiger partial charge in [0.2, 0.25) is 5.91 Å². The lowest BCUT2D eigenvalue weighted by Gasteiger charge is -2.45. The maximum absolute atomic E-state index is 12.5. The van der Waals surface area contributed by atoms with E-state index in [1.54, 1.807) is 18.4 Å². The van der Waals surface area contributed by atoms with Gasteiger partial charge in [-0.3, -0.25) is 9.69 Å². The number of nitrogens with zero attached hydrogens (tertiary/aromatic N) is 2. The van der Waals surface area contributed by atoms with E-state index in [4.69, 9.17) is 4.74 Å². The number of hydrogen-bond donors (Lipinski definition) is 0. The van der Waals surface area contributed by atoms with E-state index in [1.807, 2.05) is 5.38 Å². The van der Waals surface area contributed by atoms with E-state index >= 15 is 0 Å². The van der Waals surface area contributed by atoms with Gasteiger partial charge in [0.25, 0.3) is 0 Å². The second-order valence-corrected chi connectivity index (χ2v) is 7.63. The highest BCUT2D eigenvalue weighted by atomic mass is 32.1. The molecule has 0 aliphatic carbocycles. The minimum absolute atomic E-state index is 0.294. The number of rotatable bonds is 6. The molecule has 1 amide bonds. The Bertz CT molecular complexity index is 495. The molecule has 1 aromatic heterocycles. The molecular formula is C18H28N2O2S. The summed E-state index contributed by atoms with van der Waals surface area (Å²) in [5.74, 6) is 0.294. The fourth-order valence-corrected chi connectivity index (χ4v) is 4.83. The third-order valence-electron chi connectivity index (χ3n) is 5.50. The van der Waals surface area contributed by atoms with Crippen molar-refractivity contribution in [2.45, 2.75) is 44.1 Å². The average molecular weight is 337 g/mol. The fourth-order valence-electron chi connectivity index (χ4n) is 4.16. The Morgan fingerprint density at radius 1 is 1.30 bits per heavy atom. The minimum Gasteiger partial charge on any atom is -0.385 e. The molecule has 0 bridgehead atoms. The van der Waals surface area contributed by atoms with E-state index in [9.17, 15) is 4.79 Å². The number of thiophene rings is 1. The molecule has 2 aliphatic heterocycles. The van der Waals surface area contributed by atoms with Gasteiger partial charge in [-0.05, 0) is 61.0 Å². The van der Waals surface area contributed by atoms with E-state index in [-0.39, 0.29) is 0 Å². The lowest BCUT2D eigenvalue weighted by atomic mass is 9.84. The number of carbonyl (C=O) groups excluding carboxylic acids is 1. The molecule has 0 radical (unpaired) electrons. The summed E-state index contributed by atoms with van der Waals surface area (Å²) in [5.41, 5.74) is 1.51. The first-order valence-electron chi connectivity index (χ1n) is 8.76. The van der Waals surface area contributed by atoms with Crippen LogP contribution < -0.4 is 0 Å². The van der Waals surface area contributed by atoms with Crippen LogP contribution in [0.3, 0.4) is 0 Å². The number of likely N-dealkylation sites (tertiary alicyclic amines) is 2. The Balaban J connectivity index is 1.51. The van der Waals surface area contributed by atoms with Crippen LogP contribution in [0.1, 0.15) is 37.7 Å². The Labute approximate surface area is 143 Å². The van der Waals surface area contributed by atoms with E-state index < -0.39 is 0 Å². The lowest BCUT2D eigenvalue weighted by molar-refractivity contribution is -0.133. The maximum atomic E-state index is 12.5. The van der Waals surface area contributed by atoms with Crippen LogP contribution in [0.15, 0.2) is 16.8 Å². The van der Waals surface area contributed by atoms with Gasteiger partial charge in [-0.25, -0.2) is 0 Å². The molecular weight excluding hydrogens is 308 g/mol. The van der Waals surface area contributed by atoms with Crippen LogP contribution in [-0.2, 0) is 16.0 Å². The van der Waals surface area contributed by atoms with E-state index in [1.165, 1.54) is 19.4 Å². The topological polar surface area (TPSA) is 32.8 Å². The van der Waals surface area contributed by atoms with Crippen LogP contribution in [0.4, 0.5) is 0 Å². The van der Waals surface area contributed by atoms with Gasteiger partial charge in [-0.15, -0.1) is 0 Å². The van der Waals surface area contributed by atoms with Gasteiger partial charge in [0.15, 0.2) is 0 Å². The predicted octanol–water partition coefficient (Wildman–Crippen LogP) is 2.78. The molecule has 0 aromatic carbocycles. The normalized spacial score (nSPS) is 21.2. The van der Waals surface area contributed by atoms with Crippen molar-refractivity contribution >= 4 is 17.2 Å². The summed E-state index contributed by atoms with van der Waals surface area (Å²) >= 11 is 1.67. The standard InChI is InChI=1S/C18H28N2O2S/c1-22-12-3-9-20-8-2-5-18(20)6-10-19(11-7-18)17(21)14-16-4-13-23-15-16/h4,13,15H,2-3,5-12,14H2,1H3. The molecule has 3 heterocycles. The second kappa shape index (κ2) is 7.77. The molecule has 1 aromatic rings. The number of amides is 1. The van der Waals surface area contributed by atoms with E-state index in [2.05, 4.69) is 21.2 Å². The third-order valence-corrected chi connectivity index (χ3v) is 6.23. The first-order valence-corrected chi connectivity index (χ1v) is 9.71. The third kappa shape index (κ3) is 3.95. The summed E-state index contributed by atoms with van der Waals surface area (Å²) in [5, 5.41) is 4.13. The van der Waals surface area contributed by atoms with Crippen LogP contribution in [-0.4, -0.2) is 61.1 Å². The molecule has 0 unspecified atom stereocenters. The summed E-state index contributed by atoms with van der Waals surface area (Å²) in [6.45, 7) is 5.04. The van der Waals surface area contributed by atoms with Crippen LogP contribution in [0, 0.1) is 0 Å². The first-order chi connectivity index (χ1) is 11.2. The molecule has 2 fully saturated rings. The van der Waals surface area contributed by atoms with Crippen LogP contribution in [0.2, 0.25) is 0 Å². The molecule has 128 valence electrons. The molecule has 4 nitrogen and oxygen atoms in total. The number of ether oxygens (including phenoxy) is 1. The summed E-state index contributed by atoms with van der Waals surface area (Å²) < 4.78 is 5.20. The number of hydrogen-bond acceptors (Lipinski definition) is 4. The summed E-state index contributed by atoms with van der Waals surface area (Å²) in [7, 11) is 1.78. The highest BCUT2D eigenvalue weighted by Crippen LogP contribution is 2.38. The van der Waals surface area contributed by atoms with Crippen molar-refractivity contribution in [3.05, 3.63) is 22.4 Å². The molecule has 1 spiro atoms. The minimum atomic E-state index is 0.294. The number of methoxy groups -OCH3 is 1. The maximum Gasteiger partial charge on any atom is 0.227 e. The van der Waals surface area contributed by atoms with Gasteiger partial charge in [-0.2, -0.15) is 11.3 Å². The molecule has 0 N–H and O–H groups in total. The molecule has 5 heteroatoms. The molecule has 23 heavy (non-hydrogen) atoms. The Morgan fingerprint density at radius 3 is 2.83 bits per heavy atom. The largest absolute Gasteiger partial charge is 0.385 e. The van der Waals surface area contributed by atoms with E-state index in [0.29, 0.717) is 17.9 Å². The summed E-state index contributed by atoms with van der Waals surface area (Å²) in [4.78, 5) is 17.2.